The van der Waals surface area contributed by atoms with Crippen molar-refractivity contribution in [2.45, 2.75) is 46.0 Å². The van der Waals surface area contributed by atoms with E-state index < -0.39 is 0 Å². The second-order valence-corrected chi connectivity index (χ2v) is 3.33. The minimum absolute atomic E-state index is 0.667. The van der Waals surface area contributed by atoms with Gasteiger partial charge in [0.05, 0.1) is 6.61 Å². The summed E-state index contributed by atoms with van der Waals surface area (Å²) in [5, 5.41) is 0.667. The van der Waals surface area contributed by atoms with Gasteiger partial charge in [0.15, 0.2) is 5.05 Å². The first-order valence-electron chi connectivity index (χ1n) is 4.40. The summed E-state index contributed by atoms with van der Waals surface area (Å²) in [5.41, 5.74) is 0. The van der Waals surface area contributed by atoms with Gasteiger partial charge in [-0.3, -0.25) is 0 Å². The summed E-state index contributed by atoms with van der Waals surface area (Å²) in [4.78, 5) is 0. The number of rotatable bonds is 6. The Morgan fingerprint density at radius 3 is 2.36 bits per heavy atom. The lowest BCUT2D eigenvalue weighted by Crippen LogP contribution is -1.97. The fraction of sp³-hybridized carbons (Fsp3) is 0.889. The van der Waals surface area contributed by atoms with Crippen molar-refractivity contribution in [3.63, 3.8) is 0 Å². The maximum atomic E-state index is 5.15. The zero-order valence-electron chi connectivity index (χ0n) is 7.56. The highest BCUT2D eigenvalue weighted by molar-refractivity contribution is 7.80. The van der Waals surface area contributed by atoms with E-state index in [4.69, 9.17) is 17.0 Å². The van der Waals surface area contributed by atoms with E-state index in [1.165, 1.54) is 25.7 Å². The molecule has 0 aromatic carbocycles. The number of hydrogen-bond acceptors (Lipinski definition) is 2. The summed E-state index contributed by atoms with van der Waals surface area (Å²) in [6.45, 7) is 4.85. The zero-order chi connectivity index (χ0) is 8.53. The quantitative estimate of drug-likeness (QED) is 0.451. The second-order valence-electron chi connectivity index (χ2n) is 2.75. The van der Waals surface area contributed by atoms with E-state index >= 15 is 0 Å². The topological polar surface area (TPSA) is 9.23 Å². The van der Waals surface area contributed by atoms with Crippen molar-refractivity contribution in [3.05, 3.63) is 0 Å². The predicted octanol–water partition coefficient (Wildman–Crippen LogP) is 3.32. The molecule has 0 aliphatic heterocycles. The van der Waals surface area contributed by atoms with Gasteiger partial charge in [-0.05, 0) is 18.6 Å². The summed E-state index contributed by atoms with van der Waals surface area (Å²) in [5.74, 6) is 0. The molecule has 0 spiro atoms. The molecular formula is C9H18OS. The average Bonchev–Trinajstić information content (AvgIpc) is 1.96. The van der Waals surface area contributed by atoms with Crippen molar-refractivity contribution in [1.82, 2.24) is 0 Å². The van der Waals surface area contributed by atoms with Crippen LogP contribution in [0.15, 0.2) is 0 Å². The van der Waals surface area contributed by atoms with Gasteiger partial charge in [-0.1, -0.05) is 32.6 Å². The van der Waals surface area contributed by atoms with Crippen molar-refractivity contribution >= 4 is 17.3 Å². The van der Waals surface area contributed by atoms with Crippen molar-refractivity contribution in [1.29, 1.82) is 0 Å². The summed E-state index contributed by atoms with van der Waals surface area (Å²) in [6.07, 6.45) is 6.39. The van der Waals surface area contributed by atoms with Gasteiger partial charge in [0, 0.05) is 6.92 Å². The van der Waals surface area contributed by atoms with Gasteiger partial charge >= 0.3 is 0 Å². The summed E-state index contributed by atoms with van der Waals surface area (Å²) < 4.78 is 5.15. The Kier molecular flexibility index (Phi) is 7.91. The number of unbranched alkanes of at least 4 members (excludes halogenated alkanes) is 4. The van der Waals surface area contributed by atoms with Crippen molar-refractivity contribution in [3.8, 4) is 0 Å². The Morgan fingerprint density at radius 1 is 1.18 bits per heavy atom. The first-order chi connectivity index (χ1) is 5.27. The molecule has 66 valence electrons. The molecule has 0 aromatic heterocycles. The third-order valence-corrected chi connectivity index (χ3v) is 1.67. The van der Waals surface area contributed by atoms with E-state index in [1.807, 2.05) is 6.92 Å². The van der Waals surface area contributed by atoms with Gasteiger partial charge in [0.1, 0.15) is 0 Å². The van der Waals surface area contributed by atoms with E-state index in [1.54, 1.807) is 0 Å². The SMILES string of the molecule is CCCCCCCOC(C)=S. The number of hydrogen-bond donors (Lipinski definition) is 0. The molecule has 0 aliphatic rings. The Balaban J connectivity index is 2.85. The normalized spacial score (nSPS) is 9.64. The maximum absolute atomic E-state index is 5.15. The van der Waals surface area contributed by atoms with Gasteiger partial charge in [-0.2, -0.15) is 0 Å². The molecule has 0 aromatic rings. The summed E-state index contributed by atoms with van der Waals surface area (Å²) in [6, 6.07) is 0. The third-order valence-electron chi connectivity index (χ3n) is 1.55. The van der Waals surface area contributed by atoms with Gasteiger partial charge in [0.2, 0.25) is 0 Å². The molecule has 0 N–H and O–H groups in total. The summed E-state index contributed by atoms with van der Waals surface area (Å²) in [7, 11) is 0. The van der Waals surface area contributed by atoms with Crippen LogP contribution < -0.4 is 0 Å². The van der Waals surface area contributed by atoms with Crippen LogP contribution in [0.2, 0.25) is 0 Å². The molecule has 0 bridgehead atoms. The monoisotopic (exact) mass is 174 g/mol. The Morgan fingerprint density at radius 2 is 1.82 bits per heavy atom. The Labute approximate surface area is 75.1 Å². The van der Waals surface area contributed by atoms with Crippen molar-refractivity contribution in [2.24, 2.45) is 0 Å². The van der Waals surface area contributed by atoms with Crippen LogP contribution in [0.1, 0.15) is 46.0 Å². The van der Waals surface area contributed by atoms with Crippen LogP contribution in [0, 0.1) is 0 Å². The highest BCUT2D eigenvalue weighted by Gasteiger charge is 1.89. The van der Waals surface area contributed by atoms with Crippen molar-refractivity contribution < 1.29 is 4.74 Å². The minimum atomic E-state index is 0.667. The molecule has 0 aliphatic carbocycles. The van der Waals surface area contributed by atoms with E-state index in [0.717, 1.165) is 13.0 Å². The van der Waals surface area contributed by atoms with Gasteiger partial charge < -0.3 is 4.74 Å². The van der Waals surface area contributed by atoms with E-state index in [-0.39, 0.29) is 0 Å². The van der Waals surface area contributed by atoms with E-state index in [0.29, 0.717) is 5.05 Å². The molecule has 0 saturated heterocycles. The van der Waals surface area contributed by atoms with Crippen LogP contribution in [0.3, 0.4) is 0 Å². The Bertz CT molecular complexity index is 102. The van der Waals surface area contributed by atoms with Crippen LogP contribution in [-0.4, -0.2) is 11.7 Å². The molecule has 0 amide bonds. The molecule has 2 heteroatoms. The molecule has 0 radical (unpaired) electrons. The van der Waals surface area contributed by atoms with Crippen LogP contribution in [0.25, 0.3) is 0 Å². The molecule has 0 atom stereocenters. The lowest BCUT2D eigenvalue weighted by Gasteiger charge is -2.02. The van der Waals surface area contributed by atoms with Crippen LogP contribution >= 0.6 is 12.2 Å². The van der Waals surface area contributed by atoms with E-state index in [9.17, 15) is 0 Å². The van der Waals surface area contributed by atoms with Crippen LogP contribution in [0.4, 0.5) is 0 Å². The minimum Gasteiger partial charge on any atom is -0.487 e. The molecule has 0 unspecified atom stereocenters. The largest absolute Gasteiger partial charge is 0.487 e. The molecule has 0 heterocycles. The van der Waals surface area contributed by atoms with Crippen LogP contribution in [0.5, 0.6) is 0 Å². The highest BCUT2D eigenvalue weighted by Crippen LogP contribution is 2.02. The van der Waals surface area contributed by atoms with Gasteiger partial charge in [-0.25, -0.2) is 0 Å². The molecule has 11 heavy (non-hydrogen) atoms. The number of ether oxygens (including phenoxy) is 1. The van der Waals surface area contributed by atoms with E-state index in [2.05, 4.69) is 6.92 Å². The smallest absolute Gasteiger partial charge is 0.156 e. The zero-order valence-corrected chi connectivity index (χ0v) is 8.38. The lowest BCUT2D eigenvalue weighted by molar-refractivity contribution is 0.298. The fourth-order valence-corrected chi connectivity index (χ4v) is 1.00. The fourth-order valence-electron chi connectivity index (χ4n) is 0.922. The van der Waals surface area contributed by atoms with Crippen LogP contribution in [-0.2, 0) is 4.74 Å². The number of thiocarbonyl (C=S) groups is 1. The third kappa shape index (κ3) is 9.89. The van der Waals surface area contributed by atoms with Gasteiger partial charge in [-0.15, -0.1) is 0 Å². The molecule has 0 saturated carbocycles. The molecule has 1 nitrogen and oxygen atoms in total. The molecule has 0 fully saturated rings. The second kappa shape index (κ2) is 7.99. The first-order valence-corrected chi connectivity index (χ1v) is 4.81. The van der Waals surface area contributed by atoms with Crippen molar-refractivity contribution in [2.75, 3.05) is 6.61 Å². The molecule has 0 rings (SSSR count). The predicted molar refractivity (Wildman–Crippen MR) is 53.0 cm³/mol. The lowest BCUT2D eigenvalue weighted by atomic mass is 10.2. The van der Waals surface area contributed by atoms with Gasteiger partial charge in [0.25, 0.3) is 0 Å². The first kappa shape index (κ1) is 10.9. The average molecular weight is 174 g/mol. The maximum Gasteiger partial charge on any atom is 0.156 e. The molecular weight excluding hydrogens is 156 g/mol. The standard InChI is InChI=1S/C9H18OS/c1-3-4-5-6-7-8-10-9(2)11/h3-8H2,1-2H3. The Hall–Kier alpha value is -0.110. The highest BCUT2D eigenvalue weighted by atomic mass is 32.1. The summed E-state index contributed by atoms with van der Waals surface area (Å²) >= 11 is 4.77.